The lowest BCUT2D eigenvalue weighted by Gasteiger charge is -1.99. The summed E-state index contributed by atoms with van der Waals surface area (Å²) in [6.45, 7) is 2.31. The maximum atomic E-state index is 10.6. The fourth-order valence-electron chi connectivity index (χ4n) is 1.12. The second-order valence-corrected chi connectivity index (χ2v) is 4.98. The lowest BCUT2D eigenvalue weighted by atomic mass is 10.4. The van der Waals surface area contributed by atoms with Gasteiger partial charge in [0.1, 0.15) is 22.2 Å². The van der Waals surface area contributed by atoms with E-state index in [0.29, 0.717) is 12.4 Å². The van der Waals surface area contributed by atoms with Gasteiger partial charge in [-0.2, -0.15) is 0 Å². The van der Waals surface area contributed by atoms with Gasteiger partial charge >= 0.3 is 5.97 Å². The molecule has 6 heteroatoms. The molecule has 0 spiro atoms. The molecule has 0 aliphatic rings. The third kappa shape index (κ3) is 2.59. The lowest BCUT2D eigenvalue weighted by molar-refractivity contribution is 0.0702. The van der Waals surface area contributed by atoms with Gasteiger partial charge in [-0.25, -0.2) is 9.78 Å². The van der Waals surface area contributed by atoms with Gasteiger partial charge in [0.2, 0.25) is 0 Å². The topological polar surface area (TPSA) is 59.4 Å². The van der Waals surface area contributed by atoms with E-state index in [-0.39, 0.29) is 4.88 Å². The average Bonchev–Trinajstić information content (AvgIpc) is 2.83. The van der Waals surface area contributed by atoms with Crippen molar-refractivity contribution in [3.05, 3.63) is 32.4 Å². The molecule has 0 bridgehead atoms. The number of aromatic nitrogens is 1. The van der Waals surface area contributed by atoms with Crippen LogP contribution in [0.25, 0.3) is 0 Å². The first-order valence-corrected chi connectivity index (χ1v) is 6.26. The number of aryl methyl sites for hydroxylation is 1. The van der Waals surface area contributed by atoms with Crippen molar-refractivity contribution in [1.29, 1.82) is 0 Å². The number of hydrogen-bond acceptors (Lipinski definition) is 5. The number of nitrogens with zero attached hydrogens (tertiary/aromatic N) is 1. The summed E-state index contributed by atoms with van der Waals surface area (Å²) < 4.78 is 5.43. The average molecular weight is 255 g/mol. The third-order valence-electron chi connectivity index (χ3n) is 1.82. The first-order valence-electron chi connectivity index (χ1n) is 4.51. The van der Waals surface area contributed by atoms with Gasteiger partial charge in [-0.3, -0.25) is 0 Å². The molecular weight excluding hydrogens is 246 g/mol. The quantitative estimate of drug-likeness (QED) is 0.912. The largest absolute Gasteiger partial charge is 0.486 e. The van der Waals surface area contributed by atoms with Gasteiger partial charge in [0, 0.05) is 22.5 Å². The van der Waals surface area contributed by atoms with E-state index < -0.39 is 5.97 Å². The number of ether oxygens (including phenoxy) is 1. The first-order chi connectivity index (χ1) is 7.65. The van der Waals surface area contributed by atoms with E-state index in [4.69, 9.17) is 9.84 Å². The second-order valence-electron chi connectivity index (χ2n) is 3.12. The highest BCUT2D eigenvalue weighted by atomic mass is 32.1. The minimum Gasteiger partial charge on any atom is -0.486 e. The summed E-state index contributed by atoms with van der Waals surface area (Å²) in [5.74, 6) is -0.347. The van der Waals surface area contributed by atoms with Crippen molar-refractivity contribution in [2.45, 2.75) is 13.5 Å². The van der Waals surface area contributed by atoms with Crippen LogP contribution in [0.2, 0.25) is 0 Å². The predicted octanol–water partition coefficient (Wildman–Crippen LogP) is 2.79. The van der Waals surface area contributed by atoms with Gasteiger partial charge < -0.3 is 9.84 Å². The molecule has 0 aliphatic carbocycles. The molecule has 0 saturated heterocycles. The standard InChI is InChI=1S/C10H9NO3S2/c1-6-4-16-9(11-6)3-14-7-2-8(10(12)13)15-5-7/h2,4-5H,3H2,1H3,(H,12,13). The molecule has 1 N–H and O–H groups in total. The summed E-state index contributed by atoms with van der Waals surface area (Å²) in [6, 6.07) is 1.52. The van der Waals surface area contributed by atoms with Crippen LogP contribution in [0.5, 0.6) is 5.75 Å². The fraction of sp³-hybridized carbons (Fsp3) is 0.200. The van der Waals surface area contributed by atoms with Crippen molar-refractivity contribution in [3.8, 4) is 5.75 Å². The summed E-state index contributed by atoms with van der Waals surface area (Å²) in [6.07, 6.45) is 0. The van der Waals surface area contributed by atoms with Gasteiger partial charge in [-0.1, -0.05) is 0 Å². The van der Waals surface area contributed by atoms with Gasteiger partial charge in [-0.05, 0) is 6.92 Å². The lowest BCUT2D eigenvalue weighted by Crippen LogP contribution is -1.94. The van der Waals surface area contributed by atoms with Crippen LogP contribution in [0.15, 0.2) is 16.8 Å². The Bertz CT molecular complexity index is 504. The maximum Gasteiger partial charge on any atom is 0.346 e. The van der Waals surface area contributed by atoms with E-state index in [1.165, 1.54) is 17.4 Å². The number of rotatable bonds is 4. The van der Waals surface area contributed by atoms with Crippen LogP contribution in [0, 0.1) is 6.92 Å². The molecule has 4 nitrogen and oxygen atoms in total. The van der Waals surface area contributed by atoms with Crippen LogP contribution in [0.1, 0.15) is 20.4 Å². The van der Waals surface area contributed by atoms with E-state index in [2.05, 4.69) is 4.98 Å². The van der Waals surface area contributed by atoms with Crippen LogP contribution in [-0.4, -0.2) is 16.1 Å². The first kappa shape index (κ1) is 11.1. The Hall–Kier alpha value is -1.40. The van der Waals surface area contributed by atoms with Crippen molar-refractivity contribution < 1.29 is 14.6 Å². The van der Waals surface area contributed by atoms with Crippen LogP contribution in [0.3, 0.4) is 0 Å². The highest BCUT2D eigenvalue weighted by Crippen LogP contribution is 2.22. The predicted molar refractivity (Wildman–Crippen MR) is 62.5 cm³/mol. The zero-order valence-electron chi connectivity index (χ0n) is 8.47. The molecule has 0 unspecified atom stereocenters. The molecule has 0 radical (unpaired) electrons. The summed E-state index contributed by atoms with van der Waals surface area (Å²) in [5, 5.41) is 13.3. The van der Waals surface area contributed by atoms with Gasteiger partial charge in [-0.15, -0.1) is 22.7 Å². The van der Waals surface area contributed by atoms with Crippen molar-refractivity contribution in [2.24, 2.45) is 0 Å². The third-order valence-corrected chi connectivity index (χ3v) is 3.65. The molecule has 0 fully saturated rings. The van der Waals surface area contributed by atoms with Crippen molar-refractivity contribution in [1.82, 2.24) is 4.98 Å². The zero-order valence-corrected chi connectivity index (χ0v) is 10.1. The number of carbonyl (C=O) groups is 1. The molecule has 0 saturated carbocycles. The monoisotopic (exact) mass is 255 g/mol. The number of aromatic carboxylic acids is 1. The second kappa shape index (κ2) is 4.63. The number of carboxylic acids is 1. The number of thiophene rings is 1. The van der Waals surface area contributed by atoms with Crippen LogP contribution >= 0.6 is 22.7 Å². The van der Waals surface area contributed by atoms with Crippen molar-refractivity contribution >= 4 is 28.6 Å². The van der Waals surface area contributed by atoms with E-state index in [9.17, 15) is 4.79 Å². The Labute approximate surface area is 100 Å². The summed E-state index contributed by atoms with van der Waals surface area (Å²) in [5.41, 5.74) is 0.972. The molecule has 2 heterocycles. The molecule has 2 aromatic rings. The SMILES string of the molecule is Cc1csc(COc2csc(C(=O)O)c2)n1. The molecular formula is C10H9NO3S2. The molecule has 0 atom stereocenters. The Morgan fingerprint density at radius 2 is 2.31 bits per heavy atom. The minimum absolute atomic E-state index is 0.283. The minimum atomic E-state index is -0.926. The van der Waals surface area contributed by atoms with E-state index in [1.54, 1.807) is 5.38 Å². The highest BCUT2D eigenvalue weighted by molar-refractivity contribution is 7.12. The molecule has 0 amide bonds. The fourth-order valence-corrected chi connectivity index (χ4v) is 2.47. The molecule has 2 aromatic heterocycles. The zero-order chi connectivity index (χ0) is 11.5. The normalized spacial score (nSPS) is 10.3. The maximum absolute atomic E-state index is 10.6. The van der Waals surface area contributed by atoms with Gasteiger partial charge in [0.25, 0.3) is 0 Å². The number of carboxylic acid groups (broad SMARTS) is 1. The Kier molecular flexibility index (Phi) is 3.21. The molecule has 84 valence electrons. The molecule has 16 heavy (non-hydrogen) atoms. The van der Waals surface area contributed by atoms with Crippen molar-refractivity contribution in [2.75, 3.05) is 0 Å². The smallest absolute Gasteiger partial charge is 0.346 e. The highest BCUT2D eigenvalue weighted by Gasteiger charge is 2.08. The van der Waals surface area contributed by atoms with Crippen molar-refractivity contribution in [3.63, 3.8) is 0 Å². The van der Waals surface area contributed by atoms with E-state index in [1.807, 2.05) is 12.3 Å². The van der Waals surface area contributed by atoms with E-state index in [0.717, 1.165) is 22.0 Å². The molecule has 0 aromatic carbocycles. The Morgan fingerprint density at radius 1 is 1.50 bits per heavy atom. The number of thiazole rings is 1. The Balaban J connectivity index is 1.97. The Morgan fingerprint density at radius 3 is 2.88 bits per heavy atom. The summed E-state index contributed by atoms with van der Waals surface area (Å²) in [7, 11) is 0. The van der Waals surface area contributed by atoms with Crippen LogP contribution in [-0.2, 0) is 6.61 Å². The summed E-state index contributed by atoms with van der Waals surface area (Å²) in [4.78, 5) is 15.2. The number of hydrogen-bond donors (Lipinski definition) is 1. The summed E-state index contributed by atoms with van der Waals surface area (Å²) >= 11 is 2.69. The molecule has 2 rings (SSSR count). The molecule has 0 aliphatic heterocycles. The van der Waals surface area contributed by atoms with Crippen LogP contribution < -0.4 is 4.74 Å². The van der Waals surface area contributed by atoms with Crippen LogP contribution in [0.4, 0.5) is 0 Å². The van der Waals surface area contributed by atoms with Gasteiger partial charge in [0.05, 0.1) is 0 Å². The van der Waals surface area contributed by atoms with Gasteiger partial charge in [0.15, 0.2) is 0 Å². The van der Waals surface area contributed by atoms with E-state index >= 15 is 0 Å².